The summed E-state index contributed by atoms with van der Waals surface area (Å²) in [7, 11) is 0. The predicted molar refractivity (Wildman–Crippen MR) is 87.0 cm³/mol. The molecule has 3 heteroatoms. The van der Waals surface area contributed by atoms with E-state index in [0.717, 1.165) is 25.1 Å². The summed E-state index contributed by atoms with van der Waals surface area (Å²) in [4.78, 5) is 0. The van der Waals surface area contributed by atoms with E-state index < -0.39 is 0 Å². The van der Waals surface area contributed by atoms with Gasteiger partial charge in [-0.05, 0) is 24.1 Å². The minimum Gasteiger partial charge on any atom is -0.372 e. The molecule has 2 nitrogen and oxygen atoms in total. The van der Waals surface area contributed by atoms with Crippen LogP contribution in [0.1, 0.15) is 64.5 Å². The molecule has 0 spiro atoms. The lowest BCUT2D eigenvalue weighted by atomic mass is 10.1. The lowest BCUT2D eigenvalue weighted by Gasteiger charge is -2.20. The van der Waals surface area contributed by atoms with Crippen LogP contribution >= 0.6 is 0 Å². The summed E-state index contributed by atoms with van der Waals surface area (Å²) >= 11 is 0. The number of hydrogen-bond donors (Lipinski definition) is 1. The first-order valence-electron chi connectivity index (χ1n) is 8.24. The highest BCUT2D eigenvalue weighted by Crippen LogP contribution is 2.18. The van der Waals surface area contributed by atoms with Gasteiger partial charge in [0.15, 0.2) is 0 Å². The van der Waals surface area contributed by atoms with Crippen LogP contribution in [0.25, 0.3) is 0 Å². The summed E-state index contributed by atoms with van der Waals surface area (Å²) in [5.74, 6) is -0.200. The molecule has 1 unspecified atom stereocenters. The number of nitrogens with one attached hydrogen (secondary N) is 1. The standard InChI is InChI=1S/C18H30FNO/c1-4-5-6-7-8-13-21-18(14-20-15(2)3)16-9-11-17(19)12-10-16/h9-12,15,18,20H,4-8,13-14H2,1-3H3. The smallest absolute Gasteiger partial charge is 0.123 e. The van der Waals surface area contributed by atoms with Gasteiger partial charge in [-0.1, -0.05) is 58.6 Å². The Morgan fingerprint density at radius 1 is 1.05 bits per heavy atom. The van der Waals surface area contributed by atoms with Crippen LogP contribution in [0.3, 0.4) is 0 Å². The first-order valence-corrected chi connectivity index (χ1v) is 8.24. The van der Waals surface area contributed by atoms with Crippen molar-refractivity contribution in [2.75, 3.05) is 13.2 Å². The Hall–Kier alpha value is -0.930. The molecule has 1 aromatic carbocycles. The zero-order chi connectivity index (χ0) is 15.5. The van der Waals surface area contributed by atoms with Crippen molar-refractivity contribution in [1.82, 2.24) is 5.32 Å². The molecule has 0 bridgehead atoms. The fourth-order valence-electron chi connectivity index (χ4n) is 2.22. The Morgan fingerprint density at radius 2 is 1.71 bits per heavy atom. The van der Waals surface area contributed by atoms with Crippen molar-refractivity contribution in [1.29, 1.82) is 0 Å². The van der Waals surface area contributed by atoms with Crippen LogP contribution in [-0.2, 0) is 4.74 Å². The van der Waals surface area contributed by atoms with Crippen LogP contribution in [0.4, 0.5) is 4.39 Å². The maximum Gasteiger partial charge on any atom is 0.123 e. The van der Waals surface area contributed by atoms with E-state index in [2.05, 4.69) is 26.1 Å². The van der Waals surface area contributed by atoms with Gasteiger partial charge >= 0.3 is 0 Å². The molecule has 0 saturated carbocycles. The molecule has 1 atom stereocenters. The number of unbranched alkanes of at least 4 members (excludes halogenated alkanes) is 4. The molecular weight excluding hydrogens is 265 g/mol. The molecule has 0 aliphatic carbocycles. The number of ether oxygens (including phenoxy) is 1. The Balaban J connectivity index is 2.42. The second kappa shape index (κ2) is 10.7. The van der Waals surface area contributed by atoms with E-state index >= 15 is 0 Å². The molecule has 0 radical (unpaired) electrons. The van der Waals surface area contributed by atoms with Crippen molar-refractivity contribution >= 4 is 0 Å². The average Bonchev–Trinajstić information content (AvgIpc) is 2.46. The third-order valence-electron chi connectivity index (χ3n) is 3.52. The second-order valence-electron chi connectivity index (χ2n) is 5.89. The van der Waals surface area contributed by atoms with Crippen molar-refractivity contribution < 1.29 is 9.13 Å². The van der Waals surface area contributed by atoms with Gasteiger partial charge in [-0.2, -0.15) is 0 Å². The lowest BCUT2D eigenvalue weighted by Crippen LogP contribution is -2.29. The fourth-order valence-corrected chi connectivity index (χ4v) is 2.22. The van der Waals surface area contributed by atoms with Gasteiger partial charge in [-0.3, -0.25) is 0 Å². The van der Waals surface area contributed by atoms with Crippen LogP contribution in [0, 0.1) is 5.82 Å². The Labute approximate surface area is 129 Å². The predicted octanol–water partition coefficient (Wildman–Crippen LogP) is 4.85. The van der Waals surface area contributed by atoms with Gasteiger partial charge in [0.1, 0.15) is 5.82 Å². The van der Waals surface area contributed by atoms with Crippen LogP contribution in [0.15, 0.2) is 24.3 Å². The number of rotatable bonds is 11. The van der Waals surface area contributed by atoms with Gasteiger partial charge in [-0.15, -0.1) is 0 Å². The second-order valence-corrected chi connectivity index (χ2v) is 5.89. The van der Waals surface area contributed by atoms with E-state index in [-0.39, 0.29) is 11.9 Å². The first kappa shape index (κ1) is 18.1. The van der Waals surface area contributed by atoms with E-state index in [1.54, 1.807) is 0 Å². The summed E-state index contributed by atoms with van der Waals surface area (Å²) in [5, 5.41) is 3.40. The molecule has 0 amide bonds. The van der Waals surface area contributed by atoms with Gasteiger partial charge in [0.05, 0.1) is 6.10 Å². The minimum atomic E-state index is -0.200. The molecule has 0 saturated heterocycles. The van der Waals surface area contributed by atoms with Crippen molar-refractivity contribution in [2.45, 2.75) is 65.0 Å². The van der Waals surface area contributed by atoms with Gasteiger partial charge in [0, 0.05) is 19.2 Å². The molecular formula is C18H30FNO. The van der Waals surface area contributed by atoms with E-state index in [1.165, 1.54) is 37.8 Å². The zero-order valence-corrected chi connectivity index (χ0v) is 13.7. The highest BCUT2D eigenvalue weighted by atomic mass is 19.1. The number of hydrogen-bond acceptors (Lipinski definition) is 2. The van der Waals surface area contributed by atoms with E-state index in [0.29, 0.717) is 6.04 Å². The maximum absolute atomic E-state index is 13.0. The van der Waals surface area contributed by atoms with E-state index in [4.69, 9.17) is 4.74 Å². The van der Waals surface area contributed by atoms with Gasteiger partial charge < -0.3 is 10.1 Å². The topological polar surface area (TPSA) is 21.3 Å². The highest BCUT2D eigenvalue weighted by molar-refractivity contribution is 5.19. The summed E-state index contributed by atoms with van der Waals surface area (Å²) in [6.45, 7) is 7.99. The van der Waals surface area contributed by atoms with Gasteiger partial charge in [0.25, 0.3) is 0 Å². The van der Waals surface area contributed by atoms with Crippen LogP contribution < -0.4 is 5.32 Å². The maximum atomic E-state index is 13.0. The Kier molecular flexibility index (Phi) is 9.27. The Morgan fingerprint density at radius 3 is 2.33 bits per heavy atom. The summed E-state index contributed by atoms with van der Waals surface area (Å²) in [5.41, 5.74) is 1.04. The van der Waals surface area contributed by atoms with Crippen molar-refractivity contribution in [2.24, 2.45) is 0 Å². The van der Waals surface area contributed by atoms with Crippen molar-refractivity contribution in [3.05, 3.63) is 35.6 Å². The zero-order valence-electron chi connectivity index (χ0n) is 13.7. The van der Waals surface area contributed by atoms with E-state index in [9.17, 15) is 4.39 Å². The number of benzene rings is 1. The third-order valence-corrected chi connectivity index (χ3v) is 3.52. The molecule has 1 rings (SSSR count). The monoisotopic (exact) mass is 295 g/mol. The number of halogens is 1. The molecule has 0 aromatic heterocycles. The molecule has 0 aliphatic heterocycles. The molecule has 1 N–H and O–H groups in total. The van der Waals surface area contributed by atoms with E-state index in [1.807, 2.05) is 12.1 Å². The molecule has 120 valence electrons. The summed E-state index contributed by atoms with van der Waals surface area (Å²) < 4.78 is 19.0. The van der Waals surface area contributed by atoms with Crippen LogP contribution in [-0.4, -0.2) is 19.2 Å². The minimum absolute atomic E-state index is 0.000764. The quantitative estimate of drug-likeness (QED) is 0.589. The first-order chi connectivity index (χ1) is 10.1. The van der Waals surface area contributed by atoms with Crippen LogP contribution in [0.2, 0.25) is 0 Å². The Bertz CT molecular complexity index is 364. The molecule has 0 aliphatic rings. The lowest BCUT2D eigenvalue weighted by molar-refractivity contribution is 0.0485. The highest BCUT2D eigenvalue weighted by Gasteiger charge is 2.12. The SMILES string of the molecule is CCCCCCCOC(CNC(C)C)c1ccc(F)cc1. The van der Waals surface area contributed by atoms with Gasteiger partial charge in [-0.25, -0.2) is 4.39 Å². The molecule has 1 aromatic rings. The molecule has 21 heavy (non-hydrogen) atoms. The van der Waals surface area contributed by atoms with Crippen molar-refractivity contribution in [3.8, 4) is 0 Å². The fraction of sp³-hybridized carbons (Fsp3) is 0.667. The largest absolute Gasteiger partial charge is 0.372 e. The average molecular weight is 295 g/mol. The van der Waals surface area contributed by atoms with Gasteiger partial charge in [0.2, 0.25) is 0 Å². The molecule has 0 heterocycles. The van der Waals surface area contributed by atoms with Crippen LogP contribution in [0.5, 0.6) is 0 Å². The normalized spacial score (nSPS) is 12.8. The summed E-state index contributed by atoms with van der Waals surface area (Å²) in [6.07, 6.45) is 6.17. The third kappa shape index (κ3) is 8.18. The van der Waals surface area contributed by atoms with Crippen molar-refractivity contribution in [3.63, 3.8) is 0 Å². The molecule has 0 fully saturated rings. The summed E-state index contributed by atoms with van der Waals surface area (Å²) in [6, 6.07) is 7.06.